The highest BCUT2D eigenvalue weighted by Gasteiger charge is 2.17. The lowest BCUT2D eigenvalue weighted by Gasteiger charge is -2.18. The maximum absolute atomic E-state index is 12.6. The Kier molecular flexibility index (Phi) is 39.1. The van der Waals surface area contributed by atoms with Gasteiger partial charge in [-0.15, -0.1) is 0 Å². The van der Waals surface area contributed by atoms with Gasteiger partial charge in [-0.25, -0.2) is 0 Å². The predicted octanol–water partition coefficient (Wildman–Crippen LogP) is 13.4. The van der Waals surface area contributed by atoms with Crippen LogP contribution in [-0.2, 0) is 23.8 Å². The Labute approximate surface area is 309 Å². The van der Waals surface area contributed by atoms with Crippen LogP contribution in [0.25, 0.3) is 0 Å². The second-order valence-corrected chi connectivity index (χ2v) is 13.5. The molecule has 0 fully saturated rings. The lowest BCUT2D eigenvalue weighted by atomic mass is 10.1. The molecule has 0 amide bonds. The lowest BCUT2D eigenvalue weighted by Crippen LogP contribution is -2.30. The molecular weight excluding hydrogens is 620 g/mol. The second-order valence-electron chi connectivity index (χ2n) is 13.5. The van der Waals surface area contributed by atoms with E-state index in [0.717, 1.165) is 64.2 Å². The monoisotopic (exact) mass is 699 g/mol. The van der Waals surface area contributed by atoms with Gasteiger partial charge in [-0.3, -0.25) is 9.59 Å². The quantitative estimate of drug-likeness (QED) is 0.0367. The summed E-state index contributed by atoms with van der Waals surface area (Å²) in [5.41, 5.74) is 0. The normalized spacial score (nSPS) is 12.8. The number of hydrogen-bond acceptors (Lipinski definition) is 5. The van der Waals surface area contributed by atoms with Crippen LogP contribution in [0.4, 0.5) is 0 Å². The first-order chi connectivity index (χ1) is 24.6. The molecule has 0 spiro atoms. The van der Waals surface area contributed by atoms with Crippen molar-refractivity contribution >= 4 is 11.9 Å². The molecule has 1 atom stereocenters. The molecule has 5 heteroatoms. The number of carbonyl (C=O) groups is 2. The fraction of sp³-hybridized carbons (Fsp3) is 0.733. The minimum absolute atomic E-state index is 0.0442. The van der Waals surface area contributed by atoms with Crippen molar-refractivity contribution in [3.05, 3.63) is 60.8 Å². The topological polar surface area (TPSA) is 61.8 Å². The van der Waals surface area contributed by atoms with E-state index in [1.54, 1.807) is 0 Å². The van der Waals surface area contributed by atoms with Gasteiger partial charge in [0.25, 0.3) is 0 Å². The van der Waals surface area contributed by atoms with Gasteiger partial charge in [0.1, 0.15) is 6.61 Å². The molecule has 0 aromatic heterocycles. The van der Waals surface area contributed by atoms with Crippen LogP contribution in [0.15, 0.2) is 60.8 Å². The molecule has 0 aliphatic carbocycles. The third-order valence-corrected chi connectivity index (χ3v) is 8.55. The van der Waals surface area contributed by atoms with Gasteiger partial charge in [0.2, 0.25) is 0 Å². The van der Waals surface area contributed by atoms with Crippen LogP contribution >= 0.6 is 0 Å². The molecule has 0 rings (SSSR count). The van der Waals surface area contributed by atoms with E-state index in [0.29, 0.717) is 25.9 Å². The zero-order valence-electron chi connectivity index (χ0n) is 32.9. The first-order valence-electron chi connectivity index (χ1n) is 20.8. The Morgan fingerprint density at radius 1 is 0.460 bits per heavy atom. The first kappa shape index (κ1) is 47.6. The molecule has 5 nitrogen and oxygen atoms in total. The van der Waals surface area contributed by atoms with Gasteiger partial charge in [-0.2, -0.15) is 0 Å². The van der Waals surface area contributed by atoms with Crippen molar-refractivity contribution in [3.63, 3.8) is 0 Å². The Bertz CT molecular complexity index is 884. The van der Waals surface area contributed by atoms with Gasteiger partial charge in [0, 0.05) is 19.4 Å². The minimum Gasteiger partial charge on any atom is -0.462 e. The molecule has 0 saturated heterocycles. The molecule has 288 valence electrons. The summed E-state index contributed by atoms with van der Waals surface area (Å²) in [6.07, 6.45) is 49.4. The summed E-state index contributed by atoms with van der Waals surface area (Å²) in [7, 11) is 0. The Morgan fingerprint density at radius 2 is 0.960 bits per heavy atom. The van der Waals surface area contributed by atoms with Crippen LogP contribution in [0.3, 0.4) is 0 Å². The van der Waals surface area contributed by atoms with Crippen molar-refractivity contribution in [1.29, 1.82) is 0 Å². The van der Waals surface area contributed by atoms with E-state index >= 15 is 0 Å². The number of unbranched alkanes of at least 4 members (excludes halogenated alkanes) is 16. The Hall–Kier alpha value is -2.40. The summed E-state index contributed by atoms with van der Waals surface area (Å²) in [4.78, 5) is 25.1. The smallest absolute Gasteiger partial charge is 0.306 e. The number of rotatable bonds is 37. The molecule has 0 aromatic rings. The summed E-state index contributed by atoms with van der Waals surface area (Å²) in [6, 6.07) is 0. The van der Waals surface area contributed by atoms with Crippen LogP contribution in [-0.4, -0.2) is 37.9 Å². The van der Waals surface area contributed by atoms with E-state index in [1.165, 1.54) is 83.5 Å². The van der Waals surface area contributed by atoms with E-state index in [-0.39, 0.29) is 25.2 Å². The molecule has 1 unspecified atom stereocenters. The number of hydrogen-bond donors (Lipinski definition) is 0. The fourth-order valence-corrected chi connectivity index (χ4v) is 5.44. The summed E-state index contributed by atoms with van der Waals surface area (Å²) in [5, 5.41) is 0. The fourth-order valence-electron chi connectivity index (χ4n) is 5.44. The number of ether oxygens (including phenoxy) is 3. The van der Waals surface area contributed by atoms with Crippen molar-refractivity contribution in [1.82, 2.24) is 0 Å². The van der Waals surface area contributed by atoms with E-state index < -0.39 is 6.10 Å². The van der Waals surface area contributed by atoms with Gasteiger partial charge in [-0.05, 0) is 64.2 Å². The van der Waals surface area contributed by atoms with Gasteiger partial charge < -0.3 is 14.2 Å². The van der Waals surface area contributed by atoms with Crippen LogP contribution in [0.5, 0.6) is 0 Å². The largest absolute Gasteiger partial charge is 0.462 e. The van der Waals surface area contributed by atoms with E-state index in [9.17, 15) is 9.59 Å². The lowest BCUT2D eigenvalue weighted by molar-refractivity contribution is -0.162. The van der Waals surface area contributed by atoms with Gasteiger partial charge in [-0.1, -0.05) is 171 Å². The van der Waals surface area contributed by atoms with Crippen molar-refractivity contribution < 1.29 is 23.8 Å². The zero-order chi connectivity index (χ0) is 36.4. The van der Waals surface area contributed by atoms with Crippen molar-refractivity contribution in [2.45, 2.75) is 194 Å². The maximum atomic E-state index is 12.6. The maximum Gasteiger partial charge on any atom is 0.306 e. The van der Waals surface area contributed by atoms with Gasteiger partial charge >= 0.3 is 11.9 Å². The highest BCUT2D eigenvalue weighted by Crippen LogP contribution is 2.12. The van der Waals surface area contributed by atoms with Gasteiger partial charge in [0.05, 0.1) is 6.61 Å². The molecule has 0 saturated carbocycles. The summed E-state index contributed by atoms with van der Waals surface area (Å²) >= 11 is 0. The SMILES string of the molecule is CC/C=C\C/C=C\C/C=C\C/C=C\CCC(=O)OCC(COCCCCCCCCCCCC)OC(=O)CCCCCCC/C=C\CCCC. The molecule has 0 N–H and O–H groups in total. The van der Waals surface area contributed by atoms with E-state index in [2.05, 4.69) is 75.5 Å². The first-order valence-corrected chi connectivity index (χ1v) is 20.8. The third-order valence-electron chi connectivity index (χ3n) is 8.55. The molecule has 0 radical (unpaired) electrons. The van der Waals surface area contributed by atoms with Crippen molar-refractivity contribution in [2.75, 3.05) is 19.8 Å². The summed E-state index contributed by atoms with van der Waals surface area (Å²) < 4.78 is 17.1. The number of allylic oxidation sites excluding steroid dienone is 10. The molecule has 0 aliphatic heterocycles. The summed E-state index contributed by atoms with van der Waals surface area (Å²) in [6.45, 7) is 7.57. The van der Waals surface area contributed by atoms with Crippen LogP contribution in [0.1, 0.15) is 188 Å². The van der Waals surface area contributed by atoms with Crippen molar-refractivity contribution in [3.8, 4) is 0 Å². The molecule has 0 aliphatic rings. The highest BCUT2D eigenvalue weighted by molar-refractivity contribution is 5.70. The standard InChI is InChI=1S/C45H78O5/c1-4-7-10-13-16-19-22-23-25-26-29-32-35-38-44(46)49-42-43(41-48-40-37-34-31-28-21-18-15-12-9-6-3)50-45(47)39-36-33-30-27-24-20-17-14-11-8-5-2/h7,10,14,16-17,19,23,25,29,32,43H,4-6,8-9,11-13,15,18,20-22,24,26-28,30-31,33-42H2,1-3H3/b10-7-,17-14-,19-16-,25-23-,32-29-. The van der Waals surface area contributed by atoms with Crippen LogP contribution < -0.4 is 0 Å². The average Bonchev–Trinajstić information content (AvgIpc) is 3.11. The van der Waals surface area contributed by atoms with Crippen molar-refractivity contribution in [2.24, 2.45) is 0 Å². The number of esters is 2. The minimum atomic E-state index is -0.563. The Morgan fingerprint density at radius 3 is 1.58 bits per heavy atom. The second kappa shape index (κ2) is 41.0. The van der Waals surface area contributed by atoms with Crippen LogP contribution in [0, 0.1) is 0 Å². The average molecular weight is 699 g/mol. The highest BCUT2D eigenvalue weighted by atomic mass is 16.6. The zero-order valence-corrected chi connectivity index (χ0v) is 32.9. The Balaban J connectivity index is 4.36. The molecular formula is C45H78O5. The molecule has 0 bridgehead atoms. The molecule has 0 heterocycles. The van der Waals surface area contributed by atoms with Crippen LogP contribution in [0.2, 0.25) is 0 Å². The van der Waals surface area contributed by atoms with Gasteiger partial charge in [0.15, 0.2) is 6.10 Å². The van der Waals surface area contributed by atoms with E-state index in [4.69, 9.17) is 14.2 Å². The molecule has 50 heavy (non-hydrogen) atoms. The molecule has 0 aromatic carbocycles. The third kappa shape index (κ3) is 38.4. The van der Waals surface area contributed by atoms with E-state index in [1.807, 2.05) is 6.08 Å². The predicted molar refractivity (Wildman–Crippen MR) is 214 cm³/mol. The summed E-state index contributed by atoms with van der Waals surface area (Å²) in [5.74, 6) is -0.504. The number of carbonyl (C=O) groups excluding carboxylic acids is 2.